The molecule has 0 radical (unpaired) electrons. The third-order valence-electron chi connectivity index (χ3n) is 5.23. The topological polar surface area (TPSA) is 134 Å². The summed E-state index contributed by atoms with van der Waals surface area (Å²) in [5.41, 5.74) is 10.5. The third kappa shape index (κ3) is 19.7. The Morgan fingerprint density at radius 1 is 0.862 bits per heavy atom. The molecule has 0 rings (SSSR count). The van der Waals surface area contributed by atoms with Gasteiger partial charge in [0.1, 0.15) is 6.04 Å². The van der Waals surface area contributed by atoms with Gasteiger partial charge in [0, 0.05) is 13.1 Å². The van der Waals surface area contributed by atoms with Crippen LogP contribution in [0.4, 0.5) is 0 Å². The van der Waals surface area contributed by atoms with Crippen LogP contribution in [0, 0.1) is 0 Å². The second-order valence-corrected chi connectivity index (χ2v) is 8.08. The number of aliphatic carboxylic acids is 1. The number of carboxylic acid groups (broad SMARTS) is 1. The number of hydrogen-bond donors (Lipinski definition) is 5. The third-order valence-corrected chi connectivity index (χ3v) is 5.23. The Bertz CT molecular complexity index is 415. The Morgan fingerprint density at radius 3 is 1.86 bits per heavy atom. The fraction of sp³-hybridized carbons (Fsp3) is 0.909. The van der Waals surface area contributed by atoms with E-state index >= 15 is 0 Å². The number of unbranched alkanes of at least 4 members (excludes halogenated alkanes) is 11. The minimum atomic E-state index is -0.910. The number of carbonyl (C=O) groups is 1. The van der Waals surface area contributed by atoms with Crippen molar-refractivity contribution in [2.75, 3.05) is 13.1 Å². The van der Waals surface area contributed by atoms with Crippen molar-refractivity contribution in [2.45, 2.75) is 115 Å². The number of aliphatic imine (C=N–C) groups is 1. The molecule has 0 fully saturated rings. The van der Waals surface area contributed by atoms with Crippen LogP contribution in [-0.2, 0) is 4.79 Å². The molecule has 0 aromatic rings. The highest BCUT2D eigenvalue weighted by Crippen LogP contribution is 2.13. The van der Waals surface area contributed by atoms with E-state index in [1.54, 1.807) is 0 Å². The van der Waals surface area contributed by atoms with Crippen molar-refractivity contribution in [1.82, 2.24) is 5.32 Å². The van der Waals surface area contributed by atoms with Gasteiger partial charge in [-0.3, -0.25) is 9.79 Å². The maximum Gasteiger partial charge on any atom is 0.320 e. The van der Waals surface area contributed by atoms with E-state index < -0.39 is 18.1 Å². The molecule has 0 aromatic carbocycles. The number of aliphatic hydroxyl groups is 1. The van der Waals surface area contributed by atoms with Gasteiger partial charge in [0.05, 0.1) is 6.10 Å². The predicted octanol–water partition coefficient (Wildman–Crippen LogP) is 3.53. The zero-order chi connectivity index (χ0) is 21.7. The van der Waals surface area contributed by atoms with Crippen molar-refractivity contribution in [3.05, 3.63) is 0 Å². The fourth-order valence-electron chi connectivity index (χ4n) is 3.42. The van der Waals surface area contributed by atoms with E-state index in [0.717, 1.165) is 12.8 Å². The van der Waals surface area contributed by atoms with Crippen LogP contribution in [0.1, 0.15) is 103 Å². The summed E-state index contributed by atoms with van der Waals surface area (Å²) in [6.45, 7) is 2.97. The molecule has 0 aliphatic rings. The van der Waals surface area contributed by atoms with Crippen LogP contribution in [0.3, 0.4) is 0 Å². The molecule has 29 heavy (non-hydrogen) atoms. The molecule has 172 valence electrons. The molecule has 0 bridgehead atoms. The highest BCUT2D eigenvalue weighted by Gasteiger charge is 2.17. The number of guanidine groups is 1. The molecule has 0 amide bonds. The molecule has 2 atom stereocenters. The highest BCUT2D eigenvalue weighted by atomic mass is 16.4. The van der Waals surface area contributed by atoms with Crippen molar-refractivity contribution >= 4 is 11.9 Å². The van der Waals surface area contributed by atoms with Crippen LogP contribution < -0.4 is 16.8 Å². The summed E-state index contributed by atoms with van der Waals surface area (Å²) in [7, 11) is 0. The molecule has 0 saturated carbocycles. The van der Waals surface area contributed by atoms with Crippen LogP contribution in [0.25, 0.3) is 0 Å². The normalized spacial score (nSPS) is 13.2. The lowest BCUT2D eigenvalue weighted by atomic mass is 10.0. The Hall–Kier alpha value is -1.34. The Morgan fingerprint density at radius 2 is 1.38 bits per heavy atom. The summed E-state index contributed by atoms with van der Waals surface area (Å²) < 4.78 is 0. The standard InChI is InChI=1S/C22H46N4O3/c1-2-3-4-5-6-7-8-9-10-11-12-13-15-19(27)18-26-20(21(28)29)16-14-17-25-22(23)24/h19-20,26-27H,2-18H2,1H3,(H,28,29)(H4,23,24,25)/t19?,20-/m0/s1. The predicted molar refractivity (Wildman–Crippen MR) is 121 cm³/mol. The lowest BCUT2D eigenvalue weighted by Crippen LogP contribution is -2.41. The molecule has 0 aliphatic carbocycles. The van der Waals surface area contributed by atoms with E-state index in [9.17, 15) is 15.0 Å². The monoisotopic (exact) mass is 414 g/mol. The Kier molecular flexibility index (Phi) is 19.0. The summed E-state index contributed by atoms with van der Waals surface area (Å²) in [4.78, 5) is 15.1. The van der Waals surface area contributed by atoms with Gasteiger partial charge in [-0.2, -0.15) is 0 Å². The van der Waals surface area contributed by atoms with Crippen molar-refractivity contribution in [2.24, 2.45) is 16.5 Å². The Labute approximate surface area is 177 Å². The number of carboxylic acids is 1. The molecule has 7 heteroatoms. The Balaban J connectivity index is 3.58. The first kappa shape index (κ1) is 27.7. The molecule has 0 spiro atoms. The van der Waals surface area contributed by atoms with Gasteiger partial charge < -0.3 is 27.0 Å². The summed E-state index contributed by atoms with van der Waals surface area (Å²) in [5, 5.41) is 22.3. The van der Waals surface area contributed by atoms with Crippen LogP contribution in [0.5, 0.6) is 0 Å². The van der Waals surface area contributed by atoms with E-state index in [1.165, 1.54) is 64.2 Å². The average molecular weight is 415 g/mol. The van der Waals surface area contributed by atoms with Gasteiger partial charge >= 0.3 is 5.97 Å². The number of rotatable bonds is 21. The first-order chi connectivity index (χ1) is 14.0. The molecule has 1 unspecified atom stereocenters. The van der Waals surface area contributed by atoms with Gasteiger partial charge in [-0.1, -0.05) is 84.0 Å². The lowest BCUT2D eigenvalue weighted by Gasteiger charge is -2.17. The first-order valence-electron chi connectivity index (χ1n) is 11.7. The number of nitrogens with two attached hydrogens (primary N) is 2. The zero-order valence-corrected chi connectivity index (χ0v) is 18.6. The minimum absolute atomic E-state index is 0.0164. The quantitative estimate of drug-likeness (QED) is 0.111. The van der Waals surface area contributed by atoms with Crippen LogP contribution in [-0.4, -0.2) is 47.4 Å². The molecular formula is C22H46N4O3. The maximum atomic E-state index is 11.3. The number of nitrogens with zero attached hydrogens (tertiary/aromatic N) is 1. The maximum absolute atomic E-state index is 11.3. The summed E-state index contributed by atoms with van der Waals surface area (Å²) in [5.74, 6) is -0.894. The van der Waals surface area contributed by atoms with Gasteiger partial charge in [-0.25, -0.2) is 0 Å². The first-order valence-corrected chi connectivity index (χ1v) is 11.7. The van der Waals surface area contributed by atoms with Crippen LogP contribution >= 0.6 is 0 Å². The van der Waals surface area contributed by atoms with Crippen molar-refractivity contribution in [1.29, 1.82) is 0 Å². The van der Waals surface area contributed by atoms with E-state index in [-0.39, 0.29) is 5.96 Å². The van der Waals surface area contributed by atoms with Gasteiger partial charge in [0.2, 0.25) is 0 Å². The van der Waals surface area contributed by atoms with E-state index in [4.69, 9.17) is 11.5 Å². The number of nitrogens with one attached hydrogen (secondary N) is 1. The average Bonchev–Trinajstić information content (AvgIpc) is 2.67. The van der Waals surface area contributed by atoms with Crippen molar-refractivity contribution in [3.63, 3.8) is 0 Å². The zero-order valence-electron chi connectivity index (χ0n) is 18.6. The van der Waals surface area contributed by atoms with E-state index in [0.29, 0.717) is 32.4 Å². The smallest absolute Gasteiger partial charge is 0.320 e. The molecule has 7 nitrogen and oxygen atoms in total. The van der Waals surface area contributed by atoms with E-state index in [1.807, 2.05) is 0 Å². The molecule has 0 aromatic heterocycles. The summed E-state index contributed by atoms with van der Waals surface area (Å²) >= 11 is 0. The van der Waals surface area contributed by atoms with Gasteiger partial charge in [0.15, 0.2) is 5.96 Å². The number of aliphatic hydroxyl groups excluding tert-OH is 1. The lowest BCUT2D eigenvalue weighted by molar-refractivity contribution is -0.139. The highest BCUT2D eigenvalue weighted by molar-refractivity contribution is 5.75. The molecule has 0 aliphatic heterocycles. The van der Waals surface area contributed by atoms with Gasteiger partial charge in [0.25, 0.3) is 0 Å². The summed E-state index contributed by atoms with van der Waals surface area (Å²) in [6.07, 6.45) is 16.7. The van der Waals surface area contributed by atoms with Crippen LogP contribution in [0.2, 0.25) is 0 Å². The SMILES string of the molecule is CCCCCCCCCCCCCCC(O)CN[C@@H](CCCN=C(N)N)C(=O)O. The molecular weight excluding hydrogens is 368 g/mol. The number of hydrogen-bond acceptors (Lipinski definition) is 4. The van der Waals surface area contributed by atoms with Crippen molar-refractivity contribution < 1.29 is 15.0 Å². The molecule has 0 saturated heterocycles. The minimum Gasteiger partial charge on any atom is -0.480 e. The van der Waals surface area contributed by atoms with E-state index in [2.05, 4.69) is 17.2 Å². The summed E-state index contributed by atoms with van der Waals surface area (Å²) in [6, 6.07) is -0.680. The molecule has 7 N–H and O–H groups in total. The second kappa shape index (κ2) is 20.0. The van der Waals surface area contributed by atoms with Crippen LogP contribution in [0.15, 0.2) is 4.99 Å². The van der Waals surface area contributed by atoms with Gasteiger partial charge in [-0.05, 0) is 19.3 Å². The van der Waals surface area contributed by atoms with Crippen molar-refractivity contribution in [3.8, 4) is 0 Å². The second-order valence-electron chi connectivity index (χ2n) is 8.08. The largest absolute Gasteiger partial charge is 0.480 e. The fourth-order valence-corrected chi connectivity index (χ4v) is 3.42. The molecule has 0 heterocycles. The van der Waals surface area contributed by atoms with Gasteiger partial charge in [-0.15, -0.1) is 0 Å².